The van der Waals surface area contributed by atoms with Crippen molar-refractivity contribution in [3.8, 4) is 0 Å². The molecular weight excluding hydrogens is 320 g/mol. The Labute approximate surface area is 150 Å². The van der Waals surface area contributed by atoms with Crippen LogP contribution in [-0.2, 0) is 10.3 Å². The Hall–Kier alpha value is -1.79. The minimum Gasteiger partial charge on any atom is -0.444 e. The van der Waals surface area contributed by atoms with Crippen LogP contribution in [0, 0.1) is 0 Å². The van der Waals surface area contributed by atoms with E-state index in [1.807, 2.05) is 45.0 Å². The Kier molecular flexibility index (Phi) is 5.64. The number of benzene rings is 1. The molecule has 0 unspecified atom stereocenters. The molecule has 1 aromatic carbocycles. The van der Waals surface area contributed by atoms with Crippen LogP contribution < -0.4 is 4.90 Å². The fourth-order valence-electron chi connectivity index (χ4n) is 2.90. The largest absolute Gasteiger partial charge is 0.444 e. The molecule has 1 atom stereocenters. The van der Waals surface area contributed by atoms with Gasteiger partial charge in [0.25, 0.3) is 0 Å². The molecule has 0 aromatic heterocycles. The normalized spacial score (nSPS) is 19.1. The van der Waals surface area contributed by atoms with Gasteiger partial charge in [-0.15, -0.1) is 0 Å². The summed E-state index contributed by atoms with van der Waals surface area (Å²) in [5.74, 6) is 0. The van der Waals surface area contributed by atoms with Gasteiger partial charge in [-0.25, -0.2) is 4.79 Å². The number of rotatable bonds is 3. The number of aliphatic hydroxyl groups is 2. The number of carbonyl (C=O) groups is 1. The van der Waals surface area contributed by atoms with Crippen molar-refractivity contribution < 1.29 is 19.7 Å². The zero-order valence-electron chi connectivity index (χ0n) is 15.8. The third-order valence-corrected chi connectivity index (χ3v) is 4.25. The maximum Gasteiger partial charge on any atom is 0.410 e. The van der Waals surface area contributed by atoms with Gasteiger partial charge in [-0.05, 0) is 52.3 Å². The van der Waals surface area contributed by atoms with Crippen LogP contribution >= 0.6 is 0 Å². The van der Waals surface area contributed by atoms with E-state index in [9.17, 15) is 15.0 Å². The average Bonchev–Trinajstić information content (AvgIpc) is 2.52. The monoisotopic (exact) mass is 350 g/mol. The first-order chi connectivity index (χ1) is 11.5. The lowest BCUT2D eigenvalue weighted by Crippen LogP contribution is -2.57. The number of piperazine rings is 1. The lowest BCUT2D eigenvalue weighted by molar-refractivity contribution is 0.0197. The number of hydrogen-bond donors (Lipinski definition) is 2. The molecule has 6 heteroatoms. The second kappa shape index (κ2) is 7.22. The third kappa shape index (κ3) is 5.09. The van der Waals surface area contributed by atoms with Crippen LogP contribution in [0.2, 0.25) is 0 Å². The zero-order valence-corrected chi connectivity index (χ0v) is 15.8. The Morgan fingerprint density at radius 3 is 2.24 bits per heavy atom. The number of hydrogen-bond acceptors (Lipinski definition) is 5. The maximum atomic E-state index is 12.2. The van der Waals surface area contributed by atoms with Crippen molar-refractivity contribution in [3.05, 3.63) is 29.8 Å². The van der Waals surface area contributed by atoms with Crippen LogP contribution in [0.15, 0.2) is 24.3 Å². The molecule has 0 spiro atoms. The summed E-state index contributed by atoms with van der Waals surface area (Å²) >= 11 is 0. The first-order valence-corrected chi connectivity index (χ1v) is 8.69. The van der Waals surface area contributed by atoms with Crippen molar-refractivity contribution in [2.75, 3.05) is 31.1 Å². The van der Waals surface area contributed by atoms with E-state index in [1.54, 1.807) is 18.7 Å². The molecule has 0 radical (unpaired) electrons. The van der Waals surface area contributed by atoms with Crippen LogP contribution in [0.3, 0.4) is 0 Å². The second-order valence-electron chi connectivity index (χ2n) is 8.06. The fourth-order valence-corrected chi connectivity index (χ4v) is 2.90. The first-order valence-electron chi connectivity index (χ1n) is 8.69. The zero-order chi connectivity index (χ0) is 18.8. The molecule has 0 saturated carbocycles. The average molecular weight is 350 g/mol. The summed E-state index contributed by atoms with van der Waals surface area (Å²) in [6.07, 6.45) is -0.344. The Morgan fingerprint density at radius 1 is 1.16 bits per heavy atom. The Bertz CT molecular complexity index is 587. The van der Waals surface area contributed by atoms with Crippen molar-refractivity contribution >= 4 is 11.8 Å². The van der Waals surface area contributed by atoms with Crippen LogP contribution in [0.4, 0.5) is 10.5 Å². The highest BCUT2D eigenvalue weighted by molar-refractivity contribution is 5.69. The minimum absolute atomic E-state index is 0.0491. The number of anilines is 1. The van der Waals surface area contributed by atoms with Crippen LogP contribution in [0.25, 0.3) is 0 Å². The first kappa shape index (κ1) is 19.5. The van der Waals surface area contributed by atoms with Gasteiger partial charge in [0.15, 0.2) is 0 Å². The number of ether oxygens (including phenoxy) is 1. The highest BCUT2D eigenvalue weighted by Gasteiger charge is 2.32. The van der Waals surface area contributed by atoms with Crippen LogP contribution in [0.1, 0.15) is 40.2 Å². The van der Waals surface area contributed by atoms with Crippen molar-refractivity contribution in [3.63, 3.8) is 0 Å². The predicted octanol–water partition coefficient (Wildman–Crippen LogP) is 2.33. The van der Waals surface area contributed by atoms with Crippen LogP contribution in [-0.4, -0.2) is 59.1 Å². The number of carbonyl (C=O) groups excluding carboxylic acids is 1. The van der Waals surface area contributed by atoms with Gasteiger partial charge in [0.05, 0.1) is 18.2 Å². The lowest BCUT2D eigenvalue weighted by atomic mass is 9.98. The predicted molar refractivity (Wildman–Crippen MR) is 97.7 cm³/mol. The van der Waals surface area contributed by atoms with E-state index >= 15 is 0 Å². The van der Waals surface area contributed by atoms with E-state index in [1.165, 1.54) is 0 Å². The third-order valence-electron chi connectivity index (χ3n) is 4.25. The standard InChI is InChI=1S/C19H30N2O4/c1-18(2,3)25-17(23)20-10-11-21(16(12-20)13-22)15-8-6-14(7-9-15)19(4,5)24/h6-9,16,22,24H,10-13H2,1-5H3/t16-/m1/s1. The van der Waals surface area contributed by atoms with E-state index in [0.717, 1.165) is 11.3 Å². The summed E-state index contributed by atoms with van der Waals surface area (Å²) < 4.78 is 5.42. The summed E-state index contributed by atoms with van der Waals surface area (Å²) in [6.45, 7) is 10.5. The molecule has 1 aliphatic rings. The molecule has 6 nitrogen and oxygen atoms in total. The smallest absolute Gasteiger partial charge is 0.410 e. The molecule has 1 saturated heterocycles. The molecule has 1 heterocycles. The van der Waals surface area contributed by atoms with E-state index in [-0.39, 0.29) is 18.7 Å². The van der Waals surface area contributed by atoms with E-state index in [4.69, 9.17) is 4.74 Å². The molecule has 1 amide bonds. The van der Waals surface area contributed by atoms with Gasteiger partial charge in [0.1, 0.15) is 5.60 Å². The number of aliphatic hydroxyl groups excluding tert-OH is 1. The molecule has 140 valence electrons. The van der Waals surface area contributed by atoms with Gasteiger partial charge in [0.2, 0.25) is 0 Å². The lowest BCUT2D eigenvalue weighted by Gasteiger charge is -2.42. The molecule has 1 fully saturated rings. The summed E-state index contributed by atoms with van der Waals surface area (Å²) in [5, 5.41) is 19.8. The van der Waals surface area contributed by atoms with Crippen molar-refractivity contribution in [1.29, 1.82) is 0 Å². The summed E-state index contributed by atoms with van der Waals surface area (Å²) in [6, 6.07) is 7.49. The molecule has 25 heavy (non-hydrogen) atoms. The Balaban J connectivity index is 2.08. The fraction of sp³-hybridized carbons (Fsp3) is 0.632. The van der Waals surface area contributed by atoms with Crippen molar-refractivity contribution in [2.24, 2.45) is 0 Å². The molecule has 1 aliphatic heterocycles. The van der Waals surface area contributed by atoms with Gasteiger partial charge in [0, 0.05) is 25.3 Å². The van der Waals surface area contributed by atoms with Crippen molar-refractivity contribution in [2.45, 2.75) is 51.9 Å². The van der Waals surface area contributed by atoms with Gasteiger partial charge < -0.3 is 24.7 Å². The summed E-state index contributed by atoms with van der Waals surface area (Å²) in [7, 11) is 0. The SMILES string of the molecule is CC(C)(C)OC(=O)N1CCN(c2ccc(C(C)(C)O)cc2)[C@@H](CO)C1. The van der Waals surface area contributed by atoms with E-state index in [2.05, 4.69) is 4.90 Å². The quantitative estimate of drug-likeness (QED) is 0.875. The Morgan fingerprint density at radius 2 is 1.76 bits per heavy atom. The summed E-state index contributed by atoms with van der Waals surface area (Å²) in [4.78, 5) is 16.0. The molecule has 0 aliphatic carbocycles. The van der Waals surface area contributed by atoms with Gasteiger partial charge in [-0.1, -0.05) is 12.1 Å². The highest BCUT2D eigenvalue weighted by atomic mass is 16.6. The van der Waals surface area contributed by atoms with Gasteiger partial charge in [-0.3, -0.25) is 0 Å². The van der Waals surface area contributed by atoms with Gasteiger partial charge >= 0.3 is 6.09 Å². The maximum absolute atomic E-state index is 12.2. The van der Waals surface area contributed by atoms with Crippen molar-refractivity contribution in [1.82, 2.24) is 4.90 Å². The minimum atomic E-state index is -0.885. The van der Waals surface area contributed by atoms with E-state index in [0.29, 0.717) is 19.6 Å². The number of amides is 1. The molecule has 0 bridgehead atoms. The van der Waals surface area contributed by atoms with Crippen LogP contribution in [0.5, 0.6) is 0 Å². The summed E-state index contributed by atoms with van der Waals surface area (Å²) in [5.41, 5.74) is 0.389. The molecule has 2 N–H and O–H groups in total. The highest BCUT2D eigenvalue weighted by Crippen LogP contribution is 2.26. The van der Waals surface area contributed by atoms with E-state index < -0.39 is 11.2 Å². The molecule has 1 aromatic rings. The second-order valence-corrected chi connectivity index (χ2v) is 8.06. The molecule has 2 rings (SSSR count). The van der Waals surface area contributed by atoms with Gasteiger partial charge in [-0.2, -0.15) is 0 Å². The molecular formula is C19H30N2O4. The topological polar surface area (TPSA) is 73.2 Å². The number of nitrogens with zero attached hydrogens (tertiary/aromatic N) is 2.